The number of hydrogen-bond donors (Lipinski definition) is 1. The number of aromatic nitrogens is 3. The Morgan fingerprint density at radius 3 is 2.96 bits per heavy atom. The van der Waals surface area contributed by atoms with Crippen LogP contribution in [0.3, 0.4) is 0 Å². The van der Waals surface area contributed by atoms with Gasteiger partial charge in [0.25, 0.3) is 0 Å². The first-order valence-electron chi connectivity index (χ1n) is 8.51. The lowest BCUT2D eigenvalue weighted by Crippen LogP contribution is -2.31. The van der Waals surface area contributed by atoms with E-state index < -0.39 is 0 Å². The number of benzene rings is 2. The van der Waals surface area contributed by atoms with Crippen molar-refractivity contribution in [2.75, 3.05) is 13.6 Å². The van der Waals surface area contributed by atoms with Crippen LogP contribution in [-0.2, 0) is 13.2 Å². The molecule has 0 bridgehead atoms. The quantitative estimate of drug-likeness (QED) is 0.769. The summed E-state index contributed by atoms with van der Waals surface area (Å²) in [4.78, 5) is 14.2. The Bertz CT molecular complexity index is 1050. The lowest BCUT2D eigenvalue weighted by molar-refractivity contribution is 0.0922. The molecule has 0 fully saturated rings. The summed E-state index contributed by atoms with van der Waals surface area (Å²) in [6.45, 7) is 1.54. The van der Waals surface area contributed by atoms with Gasteiger partial charge in [0, 0.05) is 17.7 Å². The van der Waals surface area contributed by atoms with Crippen molar-refractivity contribution in [2.45, 2.75) is 13.2 Å². The fourth-order valence-corrected chi connectivity index (χ4v) is 3.21. The highest BCUT2D eigenvalue weighted by molar-refractivity contribution is 6.00. The third-order valence-electron chi connectivity index (χ3n) is 4.50. The Morgan fingerprint density at radius 1 is 1.22 bits per heavy atom. The zero-order chi connectivity index (χ0) is 18.8. The third kappa shape index (κ3) is 3.43. The van der Waals surface area contributed by atoms with Gasteiger partial charge in [-0.1, -0.05) is 24.3 Å². The van der Waals surface area contributed by atoms with E-state index in [0.717, 1.165) is 28.8 Å². The van der Waals surface area contributed by atoms with E-state index in [1.807, 2.05) is 60.5 Å². The van der Waals surface area contributed by atoms with E-state index in [2.05, 4.69) is 15.4 Å². The summed E-state index contributed by atoms with van der Waals surface area (Å²) >= 11 is 0. The molecule has 7 heteroatoms. The maximum atomic E-state index is 12.2. The average Bonchev–Trinajstić information content (AvgIpc) is 3.15. The van der Waals surface area contributed by atoms with Crippen molar-refractivity contribution >= 4 is 5.78 Å². The number of nitrogens with one attached hydrogen (secondary N) is 1. The fourth-order valence-electron chi connectivity index (χ4n) is 3.21. The van der Waals surface area contributed by atoms with Crippen molar-refractivity contribution in [1.82, 2.24) is 20.3 Å². The second-order valence-corrected chi connectivity index (χ2v) is 6.54. The summed E-state index contributed by atoms with van der Waals surface area (Å²) in [5.41, 5.74) is 4.26. The van der Waals surface area contributed by atoms with Crippen LogP contribution in [0.2, 0.25) is 0 Å². The maximum absolute atomic E-state index is 12.2. The van der Waals surface area contributed by atoms with E-state index in [-0.39, 0.29) is 11.5 Å². The van der Waals surface area contributed by atoms with Gasteiger partial charge < -0.3 is 4.74 Å². The Labute approximate surface area is 156 Å². The average molecular weight is 359 g/mol. The van der Waals surface area contributed by atoms with Gasteiger partial charge in [0.05, 0.1) is 6.54 Å². The number of ether oxygens (including phenoxy) is 1. The van der Waals surface area contributed by atoms with Gasteiger partial charge in [-0.25, -0.2) is 0 Å². The summed E-state index contributed by atoms with van der Waals surface area (Å²) in [7, 11) is 1.94. The summed E-state index contributed by atoms with van der Waals surface area (Å²) in [6, 6.07) is 15.3. The highest BCUT2D eigenvalue weighted by Crippen LogP contribution is 2.25. The molecule has 0 radical (unpaired) electrons. The molecule has 3 aromatic rings. The third-order valence-corrected chi connectivity index (χ3v) is 4.50. The van der Waals surface area contributed by atoms with Crippen LogP contribution in [0.4, 0.5) is 0 Å². The largest absolute Gasteiger partial charge is 0.489 e. The molecule has 0 amide bonds. The van der Waals surface area contributed by atoms with Gasteiger partial charge in [0.1, 0.15) is 24.1 Å². The van der Waals surface area contributed by atoms with Crippen molar-refractivity contribution < 1.29 is 9.53 Å². The molecule has 2 aromatic carbocycles. The van der Waals surface area contributed by atoms with Crippen LogP contribution in [-0.4, -0.2) is 39.7 Å². The number of hydrogen-bond acceptors (Lipinski definition) is 6. The monoisotopic (exact) mass is 359 g/mol. The van der Waals surface area contributed by atoms with E-state index >= 15 is 0 Å². The Hall–Kier alpha value is -3.50. The molecule has 7 nitrogen and oxygen atoms in total. The highest BCUT2D eigenvalue weighted by atomic mass is 16.5. The molecule has 2 heterocycles. The standard InChI is InChI=1S/C20H17N5O2/c1-25-10-15-5-6-16(8-17(15)19(26)11-25)27-12-13-3-2-4-14(7-13)20-18(9-21)22-24-23-20/h2-8H,10-12H2,1H3,(H,22,23,24). The molecule has 27 heavy (non-hydrogen) atoms. The number of carbonyl (C=O) groups excluding carboxylic acids is 1. The highest BCUT2D eigenvalue weighted by Gasteiger charge is 2.21. The Kier molecular flexibility index (Phi) is 4.40. The van der Waals surface area contributed by atoms with Crippen LogP contribution in [0.1, 0.15) is 27.2 Å². The molecule has 0 aliphatic carbocycles. The molecule has 0 unspecified atom stereocenters. The fraction of sp³-hybridized carbons (Fsp3) is 0.200. The predicted molar refractivity (Wildman–Crippen MR) is 98.0 cm³/mol. The zero-order valence-electron chi connectivity index (χ0n) is 14.8. The number of ketones is 1. The van der Waals surface area contributed by atoms with Crippen LogP contribution < -0.4 is 4.74 Å². The Balaban J connectivity index is 1.52. The smallest absolute Gasteiger partial charge is 0.190 e. The van der Waals surface area contributed by atoms with Crippen LogP contribution >= 0.6 is 0 Å². The van der Waals surface area contributed by atoms with E-state index in [0.29, 0.717) is 24.6 Å². The second kappa shape index (κ2) is 7.02. The maximum Gasteiger partial charge on any atom is 0.190 e. The van der Waals surface area contributed by atoms with Crippen molar-refractivity contribution in [2.24, 2.45) is 0 Å². The van der Waals surface area contributed by atoms with Crippen molar-refractivity contribution in [3.8, 4) is 23.1 Å². The van der Waals surface area contributed by atoms with Gasteiger partial charge in [-0.05, 0) is 36.4 Å². The molecule has 1 aliphatic heterocycles. The number of aromatic amines is 1. The van der Waals surface area contributed by atoms with Gasteiger partial charge in [-0.15, -0.1) is 5.10 Å². The number of Topliss-reactive ketones (excluding diaryl/α,β-unsaturated/α-hetero) is 1. The lowest BCUT2D eigenvalue weighted by atomic mass is 9.99. The SMILES string of the molecule is CN1CC(=O)c2cc(OCc3cccc(-c4n[nH]nc4C#N)c3)ccc2C1. The predicted octanol–water partition coefficient (Wildman–Crippen LogP) is 2.55. The first-order valence-corrected chi connectivity index (χ1v) is 8.51. The minimum Gasteiger partial charge on any atom is -0.489 e. The Morgan fingerprint density at radius 2 is 2.11 bits per heavy atom. The van der Waals surface area contributed by atoms with E-state index in [9.17, 15) is 4.79 Å². The number of fused-ring (bicyclic) bond motifs is 1. The molecule has 0 saturated heterocycles. The molecular formula is C20H17N5O2. The van der Waals surface area contributed by atoms with Crippen molar-refractivity contribution in [1.29, 1.82) is 5.26 Å². The van der Waals surface area contributed by atoms with Gasteiger partial charge in [-0.3, -0.25) is 9.69 Å². The number of carbonyl (C=O) groups is 1. The van der Waals surface area contributed by atoms with E-state index in [1.54, 1.807) is 0 Å². The van der Waals surface area contributed by atoms with Gasteiger partial charge in [0.15, 0.2) is 11.5 Å². The molecule has 134 valence electrons. The summed E-state index contributed by atoms with van der Waals surface area (Å²) in [5, 5.41) is 19.4. The minimum absolute atomic E-state index is 0.112. The number of H-pyrrole nitrogens is 1. The first-order chi connectivity index (χ1) is 13.1. The molecule has 1 aliphatic rings. The number of nitrogens with zero attached hydrogens (tertiary/aromatic N) is 4. The number of likely N-dealkylation sites (N-methyl/N-ethyl adjacent to an activating group) is 1. The van der Waals surface area contributed by atoms with Crippen LogP contribution in [0.25, 0.3) is 11.3 Å². The zero-order valence-corrected chi connectivity index (χ0v) is 14.8. The molecule has 0 spiro atoms. The minimum atomic E-state index is 0.112. The molecule has 0 atom stereocenters. The molecule has 1 N–H and O–H groups in total. The molecule has 0 saturated carbocycles. The van der Waals surface area contributed by atoms with Crippen LogP contribution in [0.15, 0.2) is 42.5 Å². The molecule has 1 aromatic heterocycles. The van der Waals surface area contributed by atoms with E-state index in [1.165, 1.54) is 0 Å². The van der Waals surface area contributed by atoms with Gasteiger partial charge >= 0.3 is 0 Å². The summed E-state index contributed by atoms with van der Waals surface area (Å²) in [5.74, 6) is 0.775. The van der Waals surface area contributed by atoms with Crippen LogP contribution in [0, 0.1) is 11.3 Å². The molecule has 4 rings (SSSR count). The second-order valence-electron chi connectivity index (χ2n) is 6.54. The van der Waals surface area contributed by atoms with Crippen molar-refractivity contribution in [3.63, 3.8) is 0 Å². The van der Waals surface area contributed by atoms with Gasteiger partial charge in [-0.2, -0.15) is 15.6 Å². The number of nitriles is 1. The van der Waals surface area contributed by atoms with Crippen molar-refractivity contribution in [3.05, 3.63) is 64.8 Å². The summed E-state index contributed by atoms with van der Waals surface area (Å²) in [6.07, 6.45) is 0. The summed E-state index contributed by atoms with van der Waals surface area (Å²) < 4.78 is 5.89. The normalized spacial score (nSPS) is 13.9. The first kappa shape index (κ1) is 16.9. The lowest BCUT2D eigenvalue weighted by Gasteiger charge is -2.24. The van der Waals surface area contributed by atoms with Gasteiger partial charge in [0.2, 0.25) is 0 Å². The van der Waals surface area contributed by atoms with E-state index in [4.69, 9.17) is 10.00 Å². The topological polar surface area (TPSA) is 94.9 Å². The molecular weight excluding hydrogens is 342 g/mol. The van der Waals surface area contributed by atoms with Crippen LogP contribution in [0.5, 0.6) is 5.75 Å². The number of rotatable bonds is 4.